The van der Waals surface area contributed by atoms with Crippen LogP contribution in [0.25, 0.3) is 0 Å². The van der Waals surface area contributed by atoms with Gasteiger partial charge in [0.15, 0.2) is 0 Å². The maximum atomic E-state index is 12.7. The predicted molar refractivity (Wildman–Crippen MR) is 92.6 cm³/mol. The number of thiophene rings is 1. The SMILES string of the molecule is O=C(O)[C@H]1CC=CC[C@H]1C(=O)N1CCN(S(=O)(=O)c2cccs2)CC1. The van der Waals surface area contributed by atoms with Crippen LogP contribution in [0.5, 0.6) is 0 Å². The van der Waals surface area contributed by atoms with Gasteiger partial charge < -0.3 is 10.0 Å². The van der Waals surface area contributed by atoms with Crippen molar-refractivity contribution < 1.29 is 23.1 Å². The number of sulfonamides is 1. The summed E-state index contributed by atoms with van der Waals surface area (Å²) in [6.07, 6.45) is 4.43. The summed E-state index contributed by atoms with van der Waals surface area (Å²) in [5.41, 5.74) is 0. The molecule has 0 radical (unpaired) electrons. The number of carbonyl (C=O) groups is 2. The fraction of sp³-hybridized carbons (Fsp3) is 0.500. The Morgan fingerprint density at radius 1 is 1.08 bits per heavy atom. The van der Waals surface area contributed by atoms with Gasteiger partial charge in [-0.25, -0.2) is 8.42 Å². The van der Waals surface area contributed by atoms with Crippen LogP contribution >= 0.6 is 11.3 Å². The summed E-state index contributed by atoms with van der Waals surface area (Å²) in [5, 5.41) is 11.0. The van der Waals surface area contributed by atoms with E-state index >= 15 is 0 Å². The molecule has 0 saturated carbocycles. The van der Waals surface area contributed by atoms with Crippen LogP contribution in [-0.4, -0.2) is 60.8 Å². The third kappa shape index (κ3) is 3.63. The molecule has 1 fully saturated rings. The van der Waals surface area contributed by atoms with Gasteiger partial charge >= 0.3 is 5.97 Å². The fourth-order valence-electron chi connectivity index (χ4n) is 3.28. The van der Waals surface area contributed by atoms with Crippen molar-refractivity contribution in [3.05, 3.63) is 29.7 Å². The van der Waals surface area contributed by atoms with Gasteiger partial charge in [0.25, 0.3) is 10.0 Å². The van der Waals surface area contributed by atoms with Crippen molar-refractivity contribution in [2.75, 3.05) is 26.2 Å². The zero-order valence-corrected chi connectivity index (χ0v) is 15.2. The van der Waals surface area contributed by atoms with Crippen LogP contribution in [0.3, 0.4) is 0 Å². The largest absolute Gasteiger partial charge is 0.481 e. The molecule has 1 N–H and O–H groups in total. The number of hydrogen-bond acceptors (Lipinski definition) is 5. The number of allylic oxidation sites excluding steroid dienone is 2. The molecule has 9 heteroatoms. The zero-order chi connectivity index (χ0) is 18.0. The molecule has 1 saturated heterocycles. The van der Waals surface area contributed by atoms with Crippen molar-refractivity contribution >= 4 is 33.2 Å². The molecule has 0 aromatic carbocycles. The molecule has 1 aliphatic carbocycles. The van der Waals surface area contributed by atoms with Crippen LogP contribution in [-0.2, 0) is 19.6 Å². The molecule has 2 atom stereocenters. The highest BCUT2D eigenvalue weighted by Gasteiger charge is 2.38. The monoisotopic (exact) mass is 384 g/mol. The van der Waals surface area contributed by atoms with E-state index in [-0.39, 0.29) is 32.1 Å². The molecule has 1 aromatic rings. The number of aliphatic carboxylic acids is 1. The van der Waals surface area contributed by atoms with Crippen molar-refractivity contribution in [1.29, 1.82) is 0 Å². The molecule has 2 aliphatic rings. The van der Waals surface area contributed by atoms with E-state index in [0.29, 0.717) is 17.1 Å². The molecule has 1 amide bonds. The minimum Gasteiger partial charge on any atom is -0.481 e. The highest BCUT2D eigenvalue weighted by molar-refractivity contribution is 7.91. The first-order valence-electron chi connectivity index (χ1n) is 8.11. The summed E-state index contributed by atoms with van der Waals surface area (Å²) in [7, 11) is -3.51. The molecule has 1 aromatic heterocycles. The lowest BCUT2D eigenvalue weighted by Gasteiger charge is -2.37. The van der Waals surface area contributed by atoms with E-state index in [9.17, 15) is 23.1 Å². The maximum Gasteiger partial charge on any atom is 0.307 e. The average molecular weight is 384 g/mol. The summed E-state index contributed by atoms with van der Waals surface area (Å²) in [6, 6.07) is 3.27. The van der Waals surface area contributed by atoms with E-state index in [1.807, 2.05) is 6.08 Å². The predicted octanol–water partition coefficient (Wildman–Crippen LogP) is 1.25. The van der Waals surface area contributed by atoms with Crippen LogP contribution in [0.4, 0.5) is 0 Å². The molecule has 0 unspecified atom stereocenters. The minimum atomic E-state index is -3.51. The van der Waals surface area contributed by atoms with Gasteiger partial charge in [-0.3, -0.25) is 9.59 Å². The van der Waals surface area contributed by atoms with E-state index in [1.165, 1.54) is 15.6 Å². The third-order valence-electron chi connectivity index (χ3n) is 4.71. The van der Waals surface area contributed by atoms with Gasteiger partial charge in [0, 0.05) is 26.2 Å². The smallest absolute Gasteiger partial charge is 0.307 e. The van der Waals surface area contributed by atoms with E-state index < -0.39 is 27.8 Å². The molecule has 7 nitrogen and oxygen atoms in total. The molecular weight excluding hydrogens is 364 g/mol. The van der Waals surface area contributed by atoms with Crippen molar-refractivity contribution in [3.63, 3.8) is 0 Å². The number of piperazine rings is 1. The molecule has 136 valence electrons. The molecule has 1 aliphatic heterocycles. The Balaban J connectivity index is 1.65. The second kappa shape index (κ2) is 7.27. The topological polar surface area (TPSA) is 95.0 Å². The minimum absolute atomic E-state index is 0.190. The average Bonchev–Trinajstić information content (AvgIpc) is 3.16. The molecule has 2 heterocycles. The Morgan fingerprint density at radius 3 is 2.28 bits per heavy atom. The summed E-state index contributed by atoms with van der Waals surface area (Å²) < 4.78 is 26.7. The summed E-state index contributed by atoms with van der Waals surface area (Å²) in [6.45, 7) is 1.03. The Kier molecular flexibility index (Phi) is 5.26. The molecule has 0 spiro atoms. The van der Waals surface area contributed by atoms with Gasteiger partial charge in [-0.05, 0) is 24.3 Å². The number of hydrogen-bond donors (Lipinski definition) is 1. The van der Waals surface area contributed by atoms with Gasteiger partial charge in [0.05, 0.1) is 11.8 Å². The number of carbonyl (C=O) groups excluding carboxylic acids is 1. The van der Waals surface area contributed by atoms with Crippen LogP contribution in [0.15, 0.2) is 33.9 Å². The van der Waals surface area contributed by atoms with Crippen LogP contribution in [0, 0.1) is 11.8 Å². The lowest BCUT2D eigenvalue weighted by molar-refractivity contribution is -0.151. The lowest BCUT2D eigenvalue weighted by Crippen LogP contribution is -2.53. The Bertz CT molecular complexity index is 764. The van der Waals surface area contributed by atoms with Gasteiger partial charge in [-0.1, -0.05) is 18.2 Å². The third-order valence-corrected chi connectivity index (χ3v) is 7.98. The first-order chi connectivity index (χ1) is 11.9. The summed E-state index contributed by atoms with van der Waals surface area (Å²) >= 11 is 1.17. The number of carboxylic acid groups (broad SMARTS) is 1. The van der Waals surface area contributed by atoms with Crippen molar-refractivity contribution in [1.82, 2.24) is 9.21 Å². The number of rotatable bonds is 4. The number of amides is 1. The van der Waals surface area contributed by atoms with E-state index in [2.05, 4.69) is 0 Å². The standard InChI is InChI=1S/C16H20N2O5S2/c19-15(12-4-1-2-5-13(12)16(20)21)17-7-9-18(10-8-17)25(22,23)14-6-3-11-24-14/h1-3,6,11-13H,4-5,7-10H2,(H,20,21)/t12-,13+/m1/s1. The number of carboxylic acids is 1. The van der Waals surface area contributed by atoms with Gasteiger partial charge in [0.1, 0.15) is 4.21 Å². The molecule has 3 rings (SSSR count). The van der Waals surface area contributed by atoms with Gasteiger partial charge in [0.2, 0.25) is 5.91 Å². The summed E-state index contributed by atoms with van der Waals surface area (Å²) in [4.78, 5) is 25.7. The van der Waals surface area contributed by atoms with Crippen molar-refractivity contribution in [2.45, 2.75) is 17.1 Å². The normalized spacial score (nSPS) is 25.0. The first kappa shape index (κ1) is 18.1. The second-order valence-electron chi connectivity index (χ2n) is 6.16. The Morgan fingerprint density at radius 2 is 1.72 bits per heavy atom. The highest BCUT2D eigenvalue weighted by atomic mass is 32.2. The van der Waals surface area contributed by atoms with E-state index in [1.54, 1.807) is 28.5 Å². The molecule has 25 heavy (non-hydrogen) atoms. The molecule has 0 bridgehead atoms. The second-order valence-corrected chi connectivity index (χ2v) is 9.27. The van der Waals surface area contributed by atoms with Crippen LogP contribution < -0.4 is 0 Å². The van der Waals surface area contributed by atoms with Gasteiger partial charge in [-0.2, -0.15) is 4.31 Å². The van der Waals surface area contributed by atoms with E-state index in [4.69, 9.17) is 0 Å². The maximum absolute atomic E-state index is 12.7. The summed E-state index contributed by atoms with van der Waals surface area (Å²) in [5.74, 6) is -2.42. The quantitative estimate of drug-likeness (QED) is 0.789. The Hall–Kier alpha value is -1.71. The van der Waals surface area contributed by atoms with Crippen molar-refractivity contribution in [2.24, 2.45) is 11.8 Å². The van der Waals surface area contributed by atoms with Gasteiger partial charge in [-0.15, -0.1) is 11.3 Å². The van der Waals surface area contributed by atoms with E-state index in [0.717, 1.165) is 0 Å². The molecular formula is C16H20N2O5S2. The zero-order valence-electron chi connectivity index (χ0n) is 13.6. The fourth-order valence-corrected chi connectivity index (χ4v) is 5.85. The van der Waals surface area contributed by atoms with Crippen LogP contribution in [0.2, 0.25) is 0 Å². The van der Waals surface area contributed by atoms with Crippen molar-refractivity contribution in [3.8, 4) is 0 Å². The van der Waals surface area contributed by atoms with Crippen LogP contribution in [0.1, 0.15) is 12.8 Å². The number of nitrogens with zero attached hydrogens (tertiary/aromatic N) is 2. The first-order valence-corrected chi connectivity index (χ1v) is 10.4. The lowest BCUT2D eigenvalue weighted by atomic mass is 9.82. The highest BCUT2D eigenvalue weighted by Crippen LogP contribution is 2.29. The Labute approximate surface area is 150 Å².